The van der Waals surface area contributed by atoms with Crippen LogP contribution in [0.3, 0.4) is 0 Å². The third-order valence-corrected chi connectivity index (χ3v) is 2.94. The van der Waals surface area contributed by atoms with Crippen LogP contribution in [0.1, 0.15) is 31.9 Å². The molecule has 0 aliphatic carbocycles. The van der Waals surface area contributed by atoms with Gasteiger partial charge >= 0.3 is 12.3 Å². The molecule has 0 spiro atoms. The van der Waals surface area contributed by atoms with Gasteiger partial charge in [-0.15, -0.1) is 0 Å². The Bertz CT molecular complexity index is 610. The third-order valence-electron chi connectivity index (χ3n) is 2.94. The van der Waals surface area contributed by atoms with Crippen LogP contribution in [0.4, 0.5) is 23.7 Å². The van der Waals surface area contributed by atoms with E-state index in [0.717, 1.165) is 5.56 Å². The summed E-state index contributed by atoms with van der Waals surface area (Å²) in [5, 5.41) is 0. The molecule has 0 saturated carbocycles. The molecule has 1 aliphatic rings. The summed E-state index contributed by atoms with van der Waals surface area (Å²) >= 11 is 0. The van der Waals surface area contributed by atoms with Crippen molar-refractivity contribution in [3.8, 4) is 5.75 Å². The van der Waals surface area contributed by atoms with E-state index in [-0.39, 0.29) is 23.1 Å². The fourth-order valence-corrected chi connectivity index (χ4v) is 2.10. The van der Waals surface area contributed by atoms with Crippen molar-refractivity contribution in [2.24, 2.45) is 0 Å². The van der Waals surface area contributed by atoms with Crippen molar-refractivity contribution in [2.75, 3.05) is 0 Å². The van der Waals surface area contributed by atoms with Crippen LogP contribution in [0.2, 0.25) is 0 Å². The summed E-state index contributed by atoms with van der Waals surface area (Å²) in [6.07, 6.45) is -5.70. The van der Waals surface area contributed by atoms with Gasteiger partial charge in [0.2, 0.25) is 5.75 Å². The van der Waals surface area contributed by atoms with Crippen LogP contribution in [-0.2, 0) is 5.41 Å². The highest BCUT2D eigenvalue weighted by molar-refractivity contribution is 5.81. The Kier molecular flexibility index (Phi) is 3.15. The summed E-state index contributed by atoms with van der Waals surface area (Å²) in [5.74, 6) is 0.202. The predicted molar refractivity (Wildman–Crippen MR) is 67.9 cm³/mol. The Labute approximate surface area is 114 Å². The zero-order valence-electron chi connectivity index (χ0n) is 11.6. The Morgan fingerprint density at radius 3 is 2.30 bits per heavy atom. The second kappa shape index (κ2) is 4.33. The molecule has 0 bridgehead atoms. The second-order valence-electron chi connectivity index (χ2n) is 5.82. The van der Waals surface area contributed by atoms with E-state index in [4.69, 9.17) is 4.74 Å². The number of amides is 1. The van der Waals surface area contributed by atoms with Gasteiger partial charge in [-0.1, -0.05) is 31.4 Å². The first kappa shape index (κ1) is 14.6. The maximum absolute atomic E-state index is 12.5. The highest BCUT2D eigenvalue weighted by atomic mass is 19.4. The van der Waals surface area contributed by atoms with Crippen LogP contribution < -0.4 is 4.74 Å². The Morgan fingerprint density at radius 2 is 1.80 bits per heavy atom. The smallest absolute Gasteiger partial charge is 0.365 e. The first-order chi connectivity index (χ1) is 8.99. The highest BCUT2D eigenvalue weighted by Gasteiger charge is 2.44. The van der Waals surface area contributed by atoms with E-state index in [1.807, 2.05) is 26.8 Å². The van der Waals surface area contributed by atoms with Crippen molar-refractivity contribution in [2.45, 2.75) is 39.3 Å². The fourth-order valence-electron chi connectivity index (χ4n) is 2.10. The Balaban J connectivity index is 2.69. The Morgan fingerprint density at radius 1 is 1.20 bits per heavy atom. The van der Waals surface area contributed by atoms with E-state index >= 15 is 0 Å². The quantitative estimate of drug-likeness (QED) is 0.672. The van der Waals surface area contributed by atoms with E-state index < -0.39 is 12.3 Å². The molecule has 1 amide bonds. The summed E-state index contributed by atoms with van der Waals surface area (Å²) in [6.45, 7) is 7.49. The molecule has 0 radical (unpaired) electrons. The lowest BCUT2D eigenvalue weighted by molar-refractivity contribution is -0.341. The van der Waals surface area contributed by atoms with Gasteiger partial charge in [0.05, 0.1) is 0 Å². The van der Waals surface area contributed by atoms with Crippen molar-refractivity contribution >= 4 is 18.0 Å². The van der Waals surface area contributed by atoms with Gasteiger partial charge in [0.1, 0.15) is 0 Å². The van der Waals surface area contributed by atoms with Crippen LogP contribution in [-0.4, -0.2) is 23.1 Å². The van der Waals surface area contributed by atoms with Crippen molar-refractivity contribution in [1.29, 1.82) is 0 Å². The topological polar surface area (TPSA) is 29.3 Å². The van der Waals surface area contributed by atoms with E-state index in [0.29, 0.717) is 10.1 Å². The lowest BCUT2D eigenvalue weighted by Gasteiger charge is -2.20. The molecule has 1 aromatic rings. The minimum Gasteiger partial charge on any atom is -0.365 e. The van der Waals surface area contributed by atoms with E-state index in [1.165, 1.54) is 6.07 Å². The molecule has 0 atom stereocenters. The van der Waals surface area contributed by atoms with Gasteiger partial charge in [-0.2, -0.15) is 18.0 Å². The van der Waals surface area contributed by atoms with Gasteiger partial charge in [0, 0.05) is 11.6 Å². The van der Waals surface area contributed by atoms with Crippen LogP contribution in [0.15, 0.2) is 12.1 Å². The predicted octanol–water partition coefficient (Wildman–Crippen LogP) is 4.08. The van der Waals surface area contributed by atoms with Crippen LogP contribution in [0.25, 0.3) is 0 Å². The summed E-state index contributed by atoms with van der Waals surface area (Å²) in [5.41, 5.74) is 1.27. The minimum atomic E-state index is -4.59. The molecule has 3 nitrogen and oxygen atoms in total. The number of halogens is 3. The number of alkyl halides is 3. The average Bonchev–Trinajstić information content (AvgIpc) is 2.52. The maximum Gasteiger partial charge on any atom is 0.608 e. The van der Waals surface area contributed by atoms with Crippen molar-refractivity contribution < 1.29 is 27.3 Å². The first-order valence-electron chi connectivity index (χ1n) is 6.08. The van der Waals surface area contributed by atoms with Gasteiger partial charge < -0.3 is 4.74 Å². The normalized spacial score (nSPS) is 17.4. The second-order valence-corrected chi connectivity index (χ2v) is 5.82. The maximum atomic E-state index is 12.5. The number of aryl methyl sites for hydroxylation is 1. The van der Waals surface area contributed by atoms with E-state index in [1.54, 1.807) is 6.92 Å². The molecule has 20 heavy (non-hydrogen) atoms. The molecule has 6 heteroatoms. The molecular weight excluding hydrogens is 271 g/mol. The minimum absolute atomic E-state index is 0.0763. The van der Waals surface area contributed by atoms with E-state index in [9.17, 15) is 18.0 Å². The fraction of sp³-hybridized carbons (Fsp3) is 0.429. The summed E-state index contributed by atoms with van der Waals surface area (Å²) in [4.78, 5) is 11.7. The van der Waals surface area contributed by atoms with Crippen LogP contribution in [0.5, 0.6) is 5.75 Å². The number of hydrogen-bond acceptors (Lipinski definition) is 2. The SMILES string of the molecule is Cc1cc2c(c(C(C)(C)C)c1)OC(=O)/[N+]2=C/C(F)(F)F. The standard InChI is InChI=1S/C14H15F3NO2/c1-8-5-9(13(2,3)4)11-10(6-8)18(12(19)20-11)7-14(15,16)17/h5-7H,1-4H3/q+1/b18-7+. The number of carbonyl (C=O) groups is 1. The lowest BCUT2D eigenvalue weighted by atomic mass is 9.85. The highest BCUT2D eigenvalue weighted by Crippen LogP contribution is 2.43. The molecule has 0 saturated heterocycles. The molecule has 108 valence electrons. The molecule has 0 unspecified atom stereocenters. The Hall–Kier alpha value is -1.85. The van der Waals surface area contributed by atoms with Crippen molar-refractivity contribution in [1.82, 2.24) is 0 Å². The molecular formula is C14H15F3NO2+. The number of nitrogens with zero attached hydrogens (tertiary/aromatic N) is 1. The summed E-state index contributed by atoms with van der Waals surface area (Å²) < 4.78 is 43.1. The van der Waals surface area contributed by atoms with Crippen LogP contribution >= 0.6 is 0 Å². The molecule has 1 heterocycles. The van der Waals surface area contributed by atoms with Crippen molar-refractivity contribution in [3.05, 3.63) is 23.3 Å². The van der Waals surface area contributed by atoms with Gasteiger partial charge in [-0.3, -0.25) is 0 Å². The van der Waals surface area contributed by atoms with Crippen LogP contribution in [0, 0.1) is 6.92 Å². The largest absolute Gasteiger partial charge is 0.608 e. The first-order valence-corrected chi connectivity index (χ1v) is 6.08. The van der Waals surface area contributed by atoms with Gasteiger partial charge in [0.15, 0.2) is 0 Å². The lowest BCUT2D eigenvalue weighted by Crippen LogP contribution is -2.22. The third kappa shape index (κ3) is 2.69. The van der Waals surface area contributed by atoms with Gasteiger partial charge in [-0.05, 0) is 17.9 Å². The summed E-state index contributed by atoms with van der Waals surface area (Å²) in [7, 11) is 0. The van der Waals surface area contributed by atoms with Crippen molar-refractivity contribution in [3.63, 3.8) is 0 Å². The monoisotopic (exact) mass is 286 g/mol. The molecule has 0 fully saturated rings. The van der Waals surface area contributed by atoms with Gasteiger partial charge in [0.25, 0.3) is 11.9 Å². The average molecular weight is 286 g/mol. The molecule has 0 aromatic heterocycles. The molecule has 1 aliphatic heterocycles. The molecule has 1 aromatic carbocycles. The number of ether oxygens (including phenoxy) is 1. The van der Waals surface area contributed by atoms with E-state index in [2.05, 4.69) is 0 Å². The van der Waals surface area contributed by atoms with Gasteiger partial charge in [-0.25, -0.2) is 0 Å². The number of rotatable bonds is 0. The zero-order valence-corrected chi connectivity index (χ0v) is 11.6. The number of fused-ring (bicyclic) bond motifs is 1. The molecule has 0 N–H and O–H groups in total. The zero-order chi connectivity index (χ0) is 15.3. The number of carbonyl (C=O) groups excluding carboxylic acids is 1. The summed E-state index contributed by atoms with van der Waals surface area (Å²) in [6, 6.07) is 3.33. The molecule has 2 rings (SSSR count). The number of benzene rings is 1. The number of hydrogen-bond donors (Lipinski definition) is 0.